The predicted octanol–water partition coefficient (Wildman–Crippen LogP) is 4.91. The average Bonchev–Trinajstić information content (AvgIpc) is 2.38. The van der Waals surface area contributed by atoms with E-state index in [2.05, 4.69) is 74.4 Å². The van der Waals surface area contributed by atoms with Crippen molar-refractivity contribution in [1.29, 1.82) is 0 Å². The Morgan fingerprint density at radius 3 is 1.94 bits per heavy atom. The van der Waals surface area contributed by atoms with Crippen molar-refractivity contribution in [2.24, 2.45) is 0 Å². The van der Waals surface area contributed by atoms with Crippen molar-refractivity contribution in [3.63, 3.8) is 0 Å². The molecule has 0 heterocycles. The summed E-state index contributed by atoms with van der Waals surface area (Å²) in [5.41, 5.74) is 2.80. The molecule has 0 bridgehead atoms. The van der Waals surface area contributed by atoms with E-state index in [1.54, 1.807) is 0 Å². The molecule has 0 saturated heterocycles. The molecular weight excluding hydrogens is 250 g/mol. The highest BCUT2D eigenvalue weighted by molar-refractivity contribution is 6.90. The predicted molar refractivity (Wildman–Crippen MR) is 88.7 cm³/mol. The summed E-state index contributed by atoms with van der Waals surface area (Å²) in [5, 5.41) is 0. The number of hydrogen-bond donors (Lipinski definition) is 0. The van der Waals surface area contributed by atoms with Crippen molar-refractivity contribution in [3.05, 3.63) is 48.2 Å². The van der Waals surface area contributed by atoms with Crippen LogP contribution in [0.3, 0.4) is 0 Å². The van der Waals surface area contributed by atoms with Gasteiger partial charge in [-0.25, -0.2) is 0 Å². The van der Waals surface area contributed by atoms with Gasteiger partial charge in [0.2, 0.25) is 0 Å². The highest BCUT2D eigenvalue weighted by Crippen LogP contribution is 2.30. The molecule has 3 heteroatoms. The van der Waals surface area contributed by atoms with Crippen molar-refractivity contribution in [1.82, 2.24) is 4.23 Å². The molecule has 18 heavy (non-hydrogen) atoms. The second-order valence-corrected chi connectivity index (χ2v) is 16.9. The lowest BCUT2D eigenvalue weighted by Gasteiger charge is -2.47. The summed E-state index contributed by atoms with van der Waals surface area (Å²) in [5.74, 6) is 0. The van der Waals surface area contributed by atoms with Gasteiger partial charge in [0.25, 0.3) is 0 Å². The van der Waals surface area contributed by atoms with E-state index in [9.17, 15) is 0 Å². The summed E-state index contributed by atoms with van der Waals surface area (Å²) < 4.78 is 2.78. The van der Waals surface area contributed by atoms with Crippen LogP contribution in [0.2, 0.25) is 39.3 Å². The van der Waals surface area contributed by atoms with Crippen LogP contribution in [0.5, 0.6) is 0 Å². The molecule has 0 aromatic carbocycles. The van der Waals surface area contributed by atoms with Crippen molar-refractivity contribution in [3.8, 4) is 0 Å². The lowest BCUT2D eigenvalue weighted by molar-refractivity contribution is 0.725. The molecule has 0 aliphatic heterocycles. The Bertz CT molecular complexity index is 389. The summed E-state index contributed by atoms with van der Waals surface area (Å²) >= 11 is 0. The first-order valence-corrected chi connectivity index (χ1v) is 13.5. The maximum Gasteiger partial charge on any atom is 0.138 e. The van der Waals surface area contributed by atoms with Crippen LogP contribution >= 0.6 is 0 Å². The van der Waals surface area contributed by atoms with Gasteiger partial charge in [0.15, 0.2) is 0 Å². The summed E-state index contributed by atoms with van der Waals surface area (Å²) in [7, 11) is -2.69. The number of rotatable bonds is 4. The van der Waals surface area contributed by atoms with Gasteiger partial charge in [-0.1, -0.05) is 70.2 Å². The molecule has 100 valence electrons. The minimum absolute atomic E-state index is 1.02. The van der Waals surface area contributed by atoms with E-state index in [0.717, 1.165) is 6.42 Å². The van der Waals surface area contributed by atoms with Gasteiger partial charge in [-0.05, 0) is 11.6 Å². The first-order chi connectivity index (χ1) is 8.16. The van der Waals surface area contributed by atoms with E-state index in [0.29, 0.717) is 0 Å². The molecule has 0 atom stereocenters. The standard InChI is InChI=1S/C15H27NSi2/c1-8-14-11-9-10-12-15(13-14)16(17(2,3)4)18(5,6)7/h8-12H,1,13H2,2-7H3. The normalized spacial score (nSPS) is 16.8. The third kappa shape index (κ3) is 3.85. The van der Waals surface area contributed by atoms with E-state index in [1.165, 1.54) is 11.3 Å². The Labute approximate surface area is 115 Å². The van der Waals surface area contributed by atoms with Crippen molar-refractivity contribution < 1.29 is 0 Å². The molecule has 0 unspecified atom stereocenters. The molecule has 1 aliphatic carbocycles. The molecular formula is C15H27NSi2. The molecule has 0 radical (unpaired) electrons. The smallest absolute Gasteiger partial charge is 0.138 e. The monoisotopic (exact) mass is 277 g/mol. The Balaban J connectivity index is 3.16. The van der Waals surface area contributed by atoms with Crippen molar-refractivity contribution in [2.45, 2.75) is 45.7 Å². The highest BCUT2D eigenvalue weighted by atomic mass is 28.4. The van der Waals surface area contributed by atoms with Crippen LogP contribution in [0.25, 0.3) is 0 Å². The molecule has 0 N–H and O–H groups in total. The molecule has 0 fully saturated rings. The van der Waals surface area contributed by atoms with E-state index in [4.69, 9.17) is 0 Å². The van der Waals surface area contributed by atoms with E-state index < -0.39 is 16.5 Å². The molecule has 1 aliphatic rings. The van der Waals surface area contributed by atoms with Gasteiger partial charge < -0.3 is 4.23 Å². The van der Waals surface area contributed by atoms with Crippen LogP contribution in [-0.4, -0.2) is 20.7 Å². The molecule has 1 nitrogen and oxygen atoms in total. The van der Waals surface area contributed by atoms with Gasteiger partial charge in [-0.15, -0.1) is 0 Å². The van der Waals surface area contributed by atoms with Crippen LogP contribution in [0, 0.1) is 0 Å². The second kappa shape index (κ2) is 5.45. The SMILES string of the molecule is C=CC1=CC=CC=C(N([Si](C)(C)C)[Si](C)(C)C)C1. The number of hydrogen-bond acceptors (Lipinski definition) is 1. The fraction of sp³-hybridized carbons (Fsp3) is 0.467. The third-order valence-corrected chi connectivity index (χ3v) is 10.3. The Hall–Kier alpha value is -0.806. The zero-order valence-electron chi connectivity index (χ0n) is 12.7. The van der Waals surface area contributed by atoms with E-state index >= 15 is 0 Å². The second-order valence-electron chi connectivity index (χ2n) is 6.84. The Morgan fingerprint density at radius 1 is 1.00 bits per heavy atom. The summed E-state index contributed by atoms with van der Waals surface area (Å²) in [6, 6.07) is 0. The quantitative estimate of drug-likeness (QED) is 0.660. The lowest BCUT2D eigenvalue weighted by atomic mass is 10.1. The maximum absolute atomic E-state index is 3.92. The van der Waals surface area contributed by atoms with E-state index in [1.807, 2.05) is 6.08 Å². The van der Waals surface area contributed by atoms with Crippen LogP contribution in [0.4, 0.5) is 0 Å². The van der Waals surface area contributed by atoms with Crippen molar-refractivity contribution >= 4 is 16.5 Å². The fourth-order valence-corrected chi connectivity index (χ4v) is 12.9. The first kappa shape index (κ1) is 15.3. The fourth-order valence-electron chi connectivity index (χ4n) is 2.83. The summed E-state index contributed by atoms with van der Waals surface area (Å²) in [6.07, 6.45) is 11.8. The van der Waals surface area contributed by atoms with E-state index in [-0.39, 0.29) is 0 Å². The molecule has 0 amide bonds. The third-order valence-electron chi connectivity index (χ3n) is 2.99. The minimum Gasteiger partial charge on any atom is -0.428 e. The first-order valence-electron chi connectivity index (χ1n) is 6.65. The minimum atomic E-state index is -1.34. The zero-order chi connectivity index (χ0) is 14.0. The van der Waals surface area contributed by atoms with Gasteiger partial charge in [-0.2, -0.15) is 0 Å². The van der Waals surface area contributed by atoms with Crippen LogP contribution in [0.1, 0.15) is 6.42 Å². The van der Waals surface area contributed by atoms with Gasteiger partial charge >= 0.3 is 0 Å². The highest BCUT2D eigenvalue weighted by Gasteiger charge is 2.35. The van der Waals surface area contributed by atoms with Gasteiger partial charge in [-0.3, -0.25) is 0 Å². The average molecular weight is 278 g/mol. The van der Waals surface area contributed by atoms with Crippen molar-refractivity contribution in [2.75, 3.05) is 0 Å². The molecule has 1 rings (SSSR count). The zero-order valence-corrected chi connectivity index (χ0v) is 14.7. The van der Waals surface area contributed by atoms with Crippen LogP contribution in [-0.2, 0) is 0 Å². The van der Waals surface area contributed by atoms with Gasteiger partial charge in [0.05, 0.1) is 0 Å². The van der Waals surface area contributed by atoms with Crippen LogP contribution < -0.4 is 0 Å². The van der Waals surface area contributed by atoms with Gasteiger partial charge in [0.1, 0.15) is 16.5 Å². The molecule has 0 spiro atoms. The Morgan fingerprint density at radius 2 is 1.50 bits per heavy atom. The topological polar surface area (TPSA) is 3.24 Å². The molecule has 0 saturated carbocycles. The van der Waals surface area contributed by atoms with Gasteiger partial charge in [0, 0.05) is 12.1 Å². The molecule has 0 aromatic rings. The largest absolute Gasteiger partial charge is 0.428 e. The maximum atomic E-state index is 3.92. The summed E-state index contributed by atoms with van der Waals surface area (Å²) in [4.78, 5) is 0. The van der Waals surface area contributed by atoms with Crippen LogP contribution in [0.15, 0.2) is 48.2 Å². The molecule has 0 aromatic heterocycles. The summed E-state index contributed by atoms with van der Waals surface area (Å²) in [6.45, 7) is 18.6. The number of nitrogens with zero attached hydrogens (tertiary/aromatic N) is 1. The lowest BCUT2D eigenvalue weighted by Crippen LogP contribution is -2.58. The Kier molecular flexibility index (Phi) is 4.62. The number of allylic oxidation sites excluding steroid dienone is 6.